The van der Waals surface area contributed by atoms with Crippen molar-refractivity contribution in [3.63, 3.8) is 0 Å². The highest BCUT2D eigenvalue weighted by molar-refractivity contribution is 5.93. The quantitative estimate of drug-likeness (QED) is 0.740. The lowest BCUT2D eigenvalue weighted by Crippen LogP contribution is -2.21. The topological polar surface area (TPSA) is 29.5 Å². The number of amides is 1. The van der Waals surface area contributed by atoms with Gasteiger partial charge in [-0.1, -0.05) is 25.7 Å². The summed E-state index contributed by atoms with van der Waals surface area (Å²) < 4.78 is 5.74. The number of carbonyl (C=O) groups excluding carboxylic acids is 1. The number of hydrogen-bond acceptors (Lipinski definition) is 2. The third kappa shape index (κ3) is 4.26. The van der Waals surface area contributed by atoms with Crippen LogP contribution in [0.15, 0.2) is 24.3 Å². The van der Waals surface area contributed by atoms with E-state index < -0.39 is 0 Å². The van der Waals surface area contributed by atoms with Crippen LogP contribution >= 0.6 is 0 Å². The Morgan fingerprint density at radius 3 is 2.45 bits per heavy atom. The van der Waals surface area contributed by atoms with Crippen LogP contribution in [0.4, 0.5) is 0 Å². The molecule has 1 aromatic rings. The fourth-order valence-electron chi connectivity index (χ4n) is 2.81. The van der Waals surface area contributed by atoms with Crippen LogP contribution in [0.1, 0.15) is 48.9 Å². The van der Waals surface area contributed by atoms with E-state index >= 15 is 0 Å². The first-order valence-electron chi connectivity index (χ1n) is 7.61. The molecule has 2 rings (SSSR count). The van der Waals surface area contributed by atoms with Crippen molar-refractivity contribution in [2.24, 2.45) is 5.92 Å². The van der Waals surface area contributed by atoms with Crippen molar-refractivity contribution in [3.8, 4) is 5.75 Å². The Kier molecular flexibility index (Phi) is 5.45. The second kappa shape index (κ2) is 7.32. The van der Waals surface area contributed by atoms with Gasteiger partial charge in [-0.05, 0) is 43.0 Å². The third-order valence-corrected chi connectivity index (χ3v) is 4.01. The molecule has 1 fully saturated rings. The second-order valence-corrected chi connectivity index (χ2v) is 5.87. The minimum absolute atomic E-state index is 0.0257. The number of hydrogen-bond donors (Lipinski definition) is 0. The fourth-order valence-corrected chi connectivity index (χ4v) is 2.81. The lowest BCUT2D eigenvalue weighted by atomic mass is 10.0. The summed E-state index contributed by atoms with van der Waals surface area (Å²) in [4.78, 5) is 13.3. The van der Waals surface area contributed by atoms with Crippen molar-refractivity contribution in [2.75, 3.05) is 20.7 Å². The molecule has 0 bridgehead atoms. The summed E-state index contributed by atoms with van der Waals surface area (Å²) in [5.41, 5.74) is 0.702. The average molecular weight is 275 g/mol. The van der Waals surface area contributed by atoms with Gasteiger partial charge in [-0.15, -0.1) is 0 Å². The van der Waals surface area contributed by atoms with Crippen LogP contribution in [-0.2, 0) is 0 Å². The highest BCUT2D eigenvalue weighted by Gasteiger charge is 2.14. The van der Waals surface area contributed by atoms with Crippen LogP contribution in [0.3, 0.4) is 0 Å². The zero-order valence-corrected chi connectivity index (χ0v) is 12.6. The molecule has 0 N–H and O–H groups in total. The summed E-state index contributed by atoms with van der Waals surface area (Å²) in [6, 6.07) is 7.42. The minimum atomic E-state index is 0.0257. The molecule has 1 aliphatic carbocycles. The van der Waals surface area contributed by atoms with E-state index in [1.165, 1.54) is 32.1 Å². The van der Waals surface area contributed by atoms with Crippen LogP contribution < -0.4 is 4.74 Å². The molecule has 0 aromatic heterocycles. The molecule has 110 valence electrons. The third-order valence-electron chi connectivity index (χ3n) is 4.01. The zero-order chi connectivity index (χ0) is 14.4. The molecule has 0 radical (unpaired) electrons. The molecule has 0 atom stereocenters. The van der Waals surface area contributed by atoms with Crippen molar-refractivity contribution in [2.45, 2.75) is 38.5 Å². The summed E-state index contributed by atoms with van der Waals surface area (Å²) in [5, 5.41) is 0. The van der Waals surface area contributed by atoms with Crippen LogP contribution in [0, 0.1) is 5.92 Å². The predicted molar refractivity (Wildman–Crippen MR) is 81.1 cm³/mol. The van der Waals surface area contributed by atoms with E-state index in [1.54, 1.807) is 19.0 Å². The summed E-state index contributed by atoms with van der Waals surface area (Å²) in [5.74, 6) is 1.81. The van der Waals surface area contributed by atoms with Gasteiger partial charge in [0.05, 0.1) is 6.61 Å². The summed E-state index contributed by atoms with van der Waals surface area (Å²) >= 11 is 0. The number of rotatable bonds is 6. The molecule has 0 saturated heterocycles. The first kappa shape index (κ1) is 14.9. The van der Waals surface area contributed by atoms with Crippen molar-refractivity contribution >= 4 is 5.91 Å². The Morgan fingerprint density at radius 2 is 1.85 bits per heavy atom. The molecule has 0 spiro atoms. The summed E-state index contributed by atoms with van der Waals surface area (Å²) in [6.07, 6.45) is 8.04. The molecule has 3 heteroatoms. The largest absolute Gasteiger partial charge is 0.494 e. The van der Waals surface area contributed by atoms with Gasteiger partial charge in [-0.2, -0.15) is 0 Å². The van der Waals surface area contributed by atoms with Crippen molar-refractivity contribution < 1.29 is 9.53 Å². The van der Waals surface area contributed by atoms with Gasteiger partial charge in [-0.3, -0.25) is 4.79 Å². The molecule has 0 aliphatic heterocycles. The van der Waals surface area contributed by atoms with E-state index in [1.807, 2.05) is 24.3 Å². The van der Waals surface area contributed by atoms with Crippen molar-refractivity contribution in [3.05, 3.63) is 29.8 Å². The highest BCUT2D eigenvalue weighted by atomic mass is 16.5. The maximum Gasteiger partial charge on any atom is 0.253 e. The SMILES string of the molecule is CN(C)C(=O)c1ccc(OCCCC2CCCC2)cc1. The zero-order valence-electron chi connectivity index (χ0n) is 12.6. The number of ether oxygens (including phenoxy) is 1. The molecule has 0 heterocycles. The van der Waals surface area contributed by atoms with Gasteiger partial charge in [-0.25, -0.2) is 0 Å². The summed E-state index contributed by atoms with van der Waals surface area (Å²) in [6.45, 7) is 0.775. The predicted octanol–water partition coefficient (Wildman–Crippen LogP) is 3.74. The maximum absolute atomic E-state index is 11.7. The molecular weight excluding hydrogens is 250 g/mol. The van der Waals surface area contributed by atoms with Gasteiger partial charge in [0.1, 0.15) is 5.75 Å². The van der Waals surface area contributed by atoms with Gasteiger partial charge in [0.2, 0.25) is 0 Å². The van der Waals surface area contributed by atoms with Gasteiger partial charge in [0, 0.05) is 19.7 Å². The molecule has 1 aliphatic rings. The van der Waals surface area contributed by atoms with Crippen molar-refractivity contribution in [1.82, 2.24) is 4.90 Å². The second-order valence-electron chi connectivity index (χ2n) is 5.87. The van der Waals surface area contributed by atoms with Crippen LogP contribution in [0.2, 0.25) is 0 Å². The van der Waals surface area contributed by atoms with E-state index in [4.69, 9.17) is 4.74 Å². The lowest BCUT2D eigenvalue weighted by molar-refractivity contribution is 0.0827. The van der Waals surface area contributed by atoms with Gasteiger partial charge in [0.25, 0.3) is 5.91 Å². The Morgan fingerprint density at radius 1 is 1.20 bits per heavy atom. The molecular formula is C17H25NO2. The van der Waals surface area contributed by atoms with Gasteiger partial charge < -0.3 is 9.64 Å². The van der Waals surface area contributed by atoms with Crippen LogP contribution in [0.25, 0.3) is 0 Å². The average Bonchev–Trinajstić information content (AvgIpc) is 2.96. The normalized spacial score (nSPS) is 15.3. The molecule has 20 heavy (non-hydrogen) atoms. The Labute approximate surface area is 121 Å². The van der Waals surface area contributed by atoms with E-state index in [0.29, 0.717) is 5.56 Å². The molecule has 1 saturated carbocycles. The summed E-state index contributed by atoms with van der Waals surface area (Å²) in [7, 11) is 3.52. The van der Waals surface area contributed by atoms with Crippen LogP contribution in [0.5, 0.6) is 5.75 Å². The monoisotopic (exact) mass is 275 g/mol. The molecule has 1 aromatic carbocycles. The van der Waals surface area contributed by atoms with E-state index in [2.05, 4.69) is 0 Å². The fraction of sp³-hybridized carbons (Fsp3) is 0.588. The molecule has 0 unspecified atom stereocenters. The Balaban J connectivity index is 1.72. The number of carbonyl (C=O) groups is 1. The van der Waals surface area contributed by atoms with Crippen molar-refractivity contribution in [1.29, 1.82) is 0 Å². The first-order chi connectivity index (χ1) is 9.66. The van der Waals surface area contributed by atoms with Crippen LogP contribution in [-0.4, -0.2) is 31.5 Å². The first-order valence-corrected chi connectivity index (χ1v) is 7.61. The smallest absolute Gasteiger partial charge is 0.253 e. The lowest BCUT2D eigenvalue weighted by Gasteiger charge is -2.12. The standard InChI is InChI=1S/C17H25NO2/c1-18(2)17(19)15-9-11-16(12-10-15)20-13-5-8-14-6-3-4-7-14/h9-12,14H,3-8,13H2,1-2H3. The Hall–Kier alpha value is -1.51. The maximum atomic E-state index is 11.7. The Bertz CT molecular complexity index is 419. The van der Waals surface area contributed by atoms with Gasteiger partial charge >= 0.3 is 0 Å². The van der Waals surface area contributed by atoms with Gasteiger partial charge in [0.15, 0.2) is 0 Å². The minimum Gasteiger partial charge on any atom is -0.494 e. The molecule has 3 nitrogen and oxygen atoms in total. The van der Waals surface area contributed by atoms with E-state index in [0.717, 1.165) is 24.7 Å². The van der Waals surface area contributed by atoms with E-state index in [9.17, 15) is 4.79 Å². The van der Waals surface area contributed by atoms with E-state index in [-0.39, 0.29) is 5.91 Å². The number of benzene rings is 1. The molecule has 1 amide bonds. The number of nitrogens with zero attached hydrogens (tertiary/aromatic N) is 1. The highest BCUT2D eigenvalue weighted by Crippen LogP contribution is 2.28.